The number of nitrogens with two attached hydrogens (primary N) is 1. The van der Waals surface area contributed by atoms with Gasteiger partial charge in [0.1, 0.15) is 10.7 Å². The molecule has 1 heterocycles. The number of hydrogen-bond donors (Lipinski definition) is 2. The van der Waals surface area contributed by atoms with E-state index in [1.165, 1.54) is 17.6 Å². The van der Waals surface area contributed by atoms with E-state index < -0.39 is 12.0 Å². The van der Waals surface area contributed by atoms with Crippen LogP contribution in [0.1, 0.15) is 0 Å². The van der Waals surface area contributed by atoms with Gasteiger partial charge in [0.05, 0.1) is 4.47 Å². The van der Waals surface area contributed by atoms with E-state index in [4.69, 9.17) is 17.4 Å². The van der Waals surface area contributed by atoms with Crippen molar-refractivity contribution in [3.05, 3.63) is 32.3 Å². The fourth-order valence-corrected chi connectivity index (χ4v) is 3.03. The third kappa shape index (κ3) is 3.25. The molecule has 0 aliphatic rings. The van der Waals surface area contributed by atoms with Crippen LogP contribution in [0.4, 0.5) is 8.78 Å². The van der Waals surface area contributed by atoms with Crippen molar-refractivity contribution in [2.24, 2.45) is 5.84 Å². The molecule has 0 aliphatic heterocycles. The van der Waals surface area contributed by atoms with Gasteiger partial charge in [-0.1, -0.05) is 27.5 Å². The van der Waals surface area contributed by atoms with Crippen molar-refractivity contribution in [1.82, 2.24) is 10.4 Å². The molecule has 0 saturated carbocycles. The predicted octanol–water partition coefficient (Wildman–Crippen LogP) is 3.37. The van der Waals surface area contributed by atoms with Gasteiger partial charge in [0, 0.05) is 9.86 Å². The van der Waals surface area contributed by atoms with E-state index in [9.17, 15) is 13.6 Å². The number of nitrogens with zero attached hydrogens (tertiary/aromatic N) is 1. The lowest BCUT2D eigenvalue weighted by molar-refractivity contribution is -0.192. The van der Waals surface area contributed by atoms with E-state index in [0.717, 1.165) is 0 Å². The molecule has 2 rings (SSSR count). The zero-order valence-corrected chi connectivity index (χ0v) is 13.9. The number of amides is 1. The highest BCUT2D eigenvalue weighted by Gasteiger charge is 2.43. The summed E-state index contributed by atoms with van der Waals surface area (Å²) in [5.41, 5.74) is 1.39. The number of carbonyl (C=O) groups excluding carboxylic acids is 1. The Balaban J connectivity index is 2.63. The van der Waals surface area contributed by atoms with E-state index in [0.29, 0.717) is 9.86 Å². The first-order chi connectivity index (χ1) is 9.76. The van der Waals surface area contributed by atoms with Crippen molar-refractivity contribution in [3.63, 3.8) is 0 Å². The standard InChI is InChI=1S/C11H6Br2ClF2N3O2/c12-5-3-6(13)9(21-11(15,16)10(20)19-17)8-4(5)1-2-7(14)18-8/h1-3H,17H2,(H,19,20). The molecule has 3 N–H and O–H groups in total. The van der Waals surface area contributed by atoms with E-state index in [-0.39, 0.29) is 20.9 Å². The summed E-state index contributed by atoms with van der Waals surface area (Å²) >= 11 is 12.1. The van der Waals surface area contributed by atoms with Crippen LogP contribution in [-0.4, -0.2) is 17.0 Å². The first kappa shape index (κ1) is 16.3. The summed E-state index contributed by atoms with van der Waals surface area (Å²) in [6, 6.07) is 4.57. The summed E-state index contributed by atoms with van der Waals surface area (Å²) < 4.78 is 32.5. The van der Waals surface area contributed by atoms with Crippen molar-refractivity contribution in [2.45, 2.75) is 6.11 Å². The third-order valence-electron chi connectivity index (χ3n) is 2.43. The second-order valence-electron chi connectivity index (χ2n) is 3.79. The predicted molar refractivity (Wildman–Crippen MR) is 80.1 cm³/mol. The number of rotatable bonds is 3. The fourth-order valence-electron chi connectivity index (χ4n) is 1.52. The molecule has 0 aliphatic carbocycles. The first-order valence-electron chi connectivity index (χ1n) is 5.28. The number of benzene rings is 1. The fraction of sp³-hybridized carbons (Fsp3) is 0.0909. The van der Waals surface area contributed by atoms with Crippen molar-refractivity contribution in [3.8, 4) is 5.75 Å². The zero-order chi connectivity index (χ0) is 15.8. The van der Waals surface area contributed by atoms with Gasteiger partial charge in [-0.2, -0.15) is 8.78 Å². The lowest BCUT2D eigenvalue weighted by Crippen LogP contribution is -2.47. The Kier molecular flexibility index (Phi) is 4.66. The lowest BCUT2D eigenvalue weighted by Gasteiger charge is -2.18. The smallest absolute Gasteiger partial charge is 0.422 e. The van der Waals surface area contributed by atoms with Crippen molar-refractivity contribution in [1.29, 1.82) is 0 Å². The highest BCUT2D eigenvalue weighted by molar-refractivity contribution is 9.11. The van der Waals surface area contributed by atoms with Crippen molar-refractivity contribution in [2.75, 3.05) is 0 Å². The Morgan fingerprint density at radius 2 is 2.05 bits per heavy atom. The van der Waals surface area contributed by atoms with E-state index >= 15 is 0 Å². The Bertz CT molecular complexity index is 730. The van der Waals surface area contributed by atoms with Crippen molar-refractivity contribution >= 4 is 60.3 Å². The van der Waals surface area contributed by atoms with Crippen LogP contribution >= 0.6 is 43.5 Å². The maximum Gasteiger partial charge on any atom is 0.483 e. The number of pyridine rings is 1. The normalized spacial score (nSPS) is 11.5. The van der Waals surface area contributed by atoms with Crippen LogP contribution in [0.15, 0.2) is 27.1 Å². The molecule has 0 radical (unpaired) electrons. The van der Waals surface area contributed by atoms with Crippen LogP contribution in [0.2, 0.25) is 5.15 Å². The average molecular weight is 445 g/mol. The Morgan fingerprint density at radius 3 is 2.67 bits per heavy atom. The molecule has 0 atom stereocenters. The molecule has 10 heteroatoms. The number of halogens is 5. The van der Waals surface area contributed by atoms with Gasteiger partial charge in [-0.25, -0.2) is 10.8 Å². The van der Waals surface area contributed by atoms with Gasteiger partial charge in [0.2, 0.25) is 0 Å². The molecule has 0 fully saturated rings. The number of nitrogens with one attached hydrogen (secondary N) is 1. The van der Waals surface area contributed by atoms with Gasteiger partial charge in [0.15, 0.2) is 5.75 Å². The van der Waals surface area contributed by atoms with Crippen LogP contribution in [0, 0.1) is 0 Å². The van der Waals surface area contributed by atoms with Gasteiger partial charge in [-0.05, 0) is 34.1 Å². The minimum Gasteiger partial charge on any atom is -0.422 e. The second kappa shape index (κ2) is 5.99. The average Bonchev–Trinajstić information content (AvgIpc) is 2.42. The van der Waals surface area contributed by atoms with E-state index in [1.54, 1.807) is 6.07 Å². The van der Waals surface area contributed by atoms with Gasteiger partial charge in [0.25, 0.3) is 0 Å². The molecular weight excluding hydrogens is 439 g/mol. The molecule has 0 spiro atoms. The topological polar surface area (TPSA) is 77.2 Å². The van der Waals surface area contributed by atoms with Gasteiger partial charge < -0.3 is 4.74 Å². The number of ether oxygens (including phenoxy) is 1. The lowest BCUT2D eigenvalue weighted by atomic mass is 10.2. The molecule has 1 amide bonds. The molecule has 2 aromatic rings. The summed E-state index contributed by atoms with van der Waals surface area (Å²) in [4.78, 5) is 15.0. The first-order valence-corrected chi connectivity index (χ1v) is 7.25. The van der Waals surface area contributed by atoms with Crippen LogP contribution in [-0.2, 0) is 4.79 Å². The molecular formula is C11H6Br2ClF2N3O2. The molecule has 0 saturated heterocycles. The summed E-state index contributed by atoms with van der Waals surface area (Å²) in [7, 11) is 0. The summed E-state index contributed by atoms with van der Waals surface area (Å²) in [5.74, 6) is 2.58. The molecule has 112 valence electrons. The van der Waals surface area contributed by atoms with Crippen LogP contribution < -0.4 is 16.0 Å². The maximum absolute atomic E-state index is 13.6. The van der Waals surface area contributed by atoms with Crippen LogP contribution in [0.25, 0.3) is 10.9 Å². The zero-order valence-electron chi connectivity index (χ0n) is 9.96. The number of hydrazine groups is 1. The second-order valence-corrected chi connectivity index (χ2v) is 5.89. The Morgan fingerprint density at radius 1 is 1.38 bits per heavy atom. The SMILES string of the molecule is NNC(=O)C(F)(F)Oc1c(Br)cc(Br)c2ccc(Cl)nc12. The van der Waals surface area contributed by atoms with Gasteiger partial charge >= 0.3 is 12.0 Å². The Labute approximate surface area is 139 Å². The minimum atomic E-state index is -4.16. The van der Waals surface area contributed by atoms with E-state index in [1.807, 2.05) is 0 Å². The van der Waals surface area contributed by atoms with Gasteiger partial charge in [-0.15, -0.1) is 0 Å². The highest BCUT2D eigenvalue weighted by atomic mass is 79.9. The summed E-state index contributed by atoms with van der Waals surface area (Å²) in [6.07, 6.45) is -4.16. The van der Waals surface area contributed by atoms with Crippen LogP contribution in [0.5, 0.6) is 5.75 Å². The molecule has 0 unspecified atom stereocenters. The molecule has 21 heavy (non-hydrogen) atoms. The maximum atomic E-state index is 13.6. The molecule has 1 aromatic carbocycles. The summed E-state index contributed by atoms with van der Waals surface area (Å²) in [5, 5.41) is 0.575. The molecule has 1 aromatic heterocycles. The number of alkyl halides is 2. The van der Waals surface area contributed by atoms with Gasteiger partial charge in [-0.3, -0.25) is 10.2 Å². The largest absolute Gasteiger partial charge is 0.483 e. The highest BCUT2D eigenvalue weighted by Crippen LogP contribution is 2.40. The quantitative estimate of drug-likeness (QED) is 0.329. The number of aromatic nitrogens is 1. The van der Waals surface area contributed by atoms with Crippen LogP contribution in [0.3, 0.4) is 0 Å². The van der Waals surface area contributed by atoms with Crippen molar-refractivity contribution < 1.29 is 18.3 Å². The van der Waals surface area contributed by atoms with E-state index in [2.05, 4.69) is 41.6 Å². The summed E-state index contributed by atoms with van der Waals surface area (Å²) in [6.45, 7) is 0. The minimum absolute atomic E-state index is 0.0632. The monoisotopic (exact) mass is 443 g/mol. The molecule has 5 nitrogen and oxygen atoms in total. The number of hydrogen-bond acceptors (Lipinski definition) is 4. The third-order valence-corrected chi connectivity index (χ3v) is 3.89. The number of fused-ring (bicyclic) bond motifs is 1. The number of carbonyl (C=O) groups is 1. The molecule has 0 bridgehead atoms. The Hall–Kier alpha value is -1.03.